The second-order valence-corrected chi connectivity index (χ2v) is 9.75. The lowest BCUT2D eigenvalue weighted by atomic mass is 10.1. The normalized spacial score (nSPS) is 14.5. The zero-order chi connectivity index (χ0) is 15.9. The Balaban J connectivity index is 5.61. The summed E-state index contributed by atoms with van der Waals surface area (Å²) in [6, 6.07) is 0. The maximum atomic E-state index is 13.2. The molecule has 0 fully saturated rings. The van der Waals surface area contributed by atoms with Gasteiger partial charge in [0.2, 0.25) is 0 Å². The van der Waals surface area contributed by atoms with Gasteiger partial charge in [0.15, 0.2) is 8.24 Å². The van der Waals surface area contributed by atoms with Crippen LogP contribution >= 0.6 is 0 Å². The van der Waals surface area contributed by atoms with Crippen LogP contribution in [0, 0.1) is 0 Å². The van der Waals surface area contributed by atoms with Crippen molar-refractivity contribution in [1.82, 2.24) is 4.57 Å². The number of rotatable bonds is 4. The molecule has 0 atom stereocenters. The van der Waals surface area contributed by atoms with Crippen LogP contribution in [0.15, 0.2) is 0 Å². The Hall–Kier alpha value is -0.803. The summed E-state index contributed by atoms with van der Waals surface area (Å²) in [5.41, 5.74) is 0. The van der Waals surface area contributed by atoms with Gasteiger partial charge in [0, 0.05) is 6.54 Å². The van der Waals surface area contributed by atoms with Crippen molar-refractivity contribution in [2.24, 2.45) is 0 Å². The number of hydrogen-bond acceptors (Lipinski definition) is 1. The van der Waals surface area contributed by atoms with Crippen LogP contribution < -0.4 is 0 Å². The van der Waals surface area contributed by atoms with Crippen LogP contribution in [-0.4, -0.2) is 43.3 Å². The minimum Gasteiger partial charge on any atom is -0.365 e. The molecule has 0 aromatic carbocycles. The first kappa shape index (κ1) is 18.2. The maximum Gasteiger partial charge on any atom is 0.460 e. The molecule has 0 aliphatic carbocycles. The summed E-state index contributed by atoms with van der Waals surface area (Å²) in [4.78, 5) is 11.4. The van der Waals surface area contributed by atoms with Crippen molar-refractivity contribution in [2.75, 3.05) is 6.54 Å². The third-order valence-corrected chi connectivity index (χ3v) is 4.53. The van der Waals surface area contributed by atoms with E-state index in [0.29, 0.717) is 4.57 Å². The second-order valence-electron chi connectivity index (χ2n) is 4.87. The Kier molecular flexibility index (Phi) is 4.74. The average Bonchev–Trinajstić information content (AvgIpc) is 2.13. The number of nitrogens with zero attached hydrogens (tertiary/aromatic N) is 1. The molecule has 0 aromatic rings. The number of alkyl halides is 7. The number of carbonyl (C=O) groups is 1. The van der Waals surface area contributed by atoms with Gasteiger partial charge in [-0.25, -0.2) is 0 Å². The molecule has 0 aliphatic rings. The van der Waals surface area contributed by atoms with Crippen LogP contribution in [0.2, 0.25) is 19.6 Å². The van der Waals surface area contributed by atoms with Gasteiger partial charge in [0.1, 0.15) is 0 Å². The van der Waals surface area contributed by atoms with Gasteiger partial charge in [-0.2, -0.15) is 30.7 Å². The summed E-state index contributed by atoms with van der Waals surface area (Å²) in [7, 11) is -2.79. The molecule has 114 valence electrons. The molecule has 19 heavy (non-hydrogen) atoms. The number of halogens is 7. The van der Waals surface area contributed by atoms with Crippen LogP contribution in [0.3, 0.4) is 0 Å². The fraction of sp³-hybridized carbons (Fsp3) is 0.889. The van der Waals surface area contributed by atoms with Gasteiger partial charge in [-0.15, -0.1) is 0 Å². The van der Waals surface area contributed by atoms with E-state index in [9.17, 15) is 35.5 Å². The molecule has 0 N–H and O–H groups in total. The molecule has 0 rings (SSSR count). The van der Waals surface area contributed by atoms with Gasteiger partial charge >= 0.3 is 18.0 Å². The van der Waals surface area contributed by atoms with E-state index in [1.807, 2.05) is 0 Å². The highest BCUT2D eigenvalue weighted by molar-refractivity contribution is 6.75. The topological polar surface area (TPSA) is 20.3 Å². The fourth-order valence-corrected chi connectivity index (χ4v) is 3.10. The van der Waals surface area contributed by atoms with Crippen LogP contribution in [0.4, 0.5) is 30.7 Å². The molecule has 1 amide bonds. The molecule has 0 unspecified atom stereocenters. The first-order valence-electron chi connectivity index (χ1n) is 5.25. The molecule has 0 bridgehead atoms. The third kappa shape index (κ3) is 3.21. The van der Waals surface area contributed by atoms with Crippen molar-refractivity contribution >= 4 is 14.1 Å². The quantitative estimate of drug-likeness (QED) is 0.574. The van der Waals surface area contributed by atoms with Gasteiger partial charge < -0.3 is 4.57 Å². The maximum absolute atomic E-state index is 13.2. The van der Waals surface area contributed by atoms with Crippen LogP contribution in [-0.2, 0) is 4.79 Å². The Morgan fingerprint density at radius 3 is 1.58 bits per heavy atom. The lowest BCUT2D eigenvalue weighted by molar-refractivity contribution is -0.345. The summed E-state index contributed by atoms with van der Waals surface area (Å²) in [6.45, 7) is 5.03. The molecular weight excluding hydrogens is 299 g/mol. The fourth-order valence-electron chi connectivity index (χ4n) is 1.40. The lowest BCUT2D eigenvalue weighted by Gasteiger charge is -2.37. The molecule has 0 radical (unpaired) electrons. The van der Waals surface area contributed by atoms with E-state index in [-0.39, 0.29) is 6.54 Å². The van der Waals surface area contributed by atoms with E-state index in [0.717, 1.165) is 0 Å². The van der Waals surface area contributed by atoms with Gasteiger partial charge in [-0.3, -0.25) is 4.79 Å². The highest BCUT2D eigenvalue weighted by Gasteiger charge is 2.77. The summed E-state index contributed by atoms with van der Waals surface area (Å²) in [5.74, 6) is -14.7. The minimum atomic E-state index is -6.50. The zero-order valence-electron chi connectivity index (χ0n) is 10.7. The third-order valence-electron chi connectivity index (χ3n) is 2.39. The molecule has 0 spiro atoms. The molecule has 0 aromatic heterocycles. The van der Waals surface area contributed by atoms with E-state index in [4.69, 9.17) is 0 Å². The SMILES string of the molecule is CCN(C(=O)C(F)(F)C(F)(F)C(F)(F)F)[Si](C)(C)C. The Morgan fingerprint density at radius 2 is 1.37 bits per heavy atom. The van der Waals surface area contributed by atoms with Gasteiger partial charge in [0.05, 0.1) is 0 Å². The van der Waals surface area contributed by atoms with Crippen LogP contribution in [0.25, 0.3) is 0 Å². The molecule has 2 nitrogen and oxygen atoms in total. The minimum absolute atomic E-state index is 0.363. The highest BCUT2D eigenvalue weighted by Crippen LogP contribution is 2.47. The summed E-state index contributed by atoms with van der Waals surface area (Å²) < 4.78 is 88.2. The van der Waals surface area contributed by atoms with Gasteiger partial charge in [-0.1, -0.05) is 19.6 Å². The second kappa shape index (κ2) is 4.95. The van der Waals surface area contributed by atoms with Crippen molar-refractivity contribution in [1.29, 1.82) is 0 Å². The van der Waals surface area contributed by atoms with Crippen molar-refractivity contribution in [2.45, 2.75) is 44.6 Å². The number of amides is 1. The lowest BCUT2D eigenvalue weighted by Crippen LogP contribution is -2.64. The van der Waals surface area contributed by atoms with E-state index >= 15 is 0 Å². The smallest absolute Gasteiger partial charge is 0.365 e. The van der Waals surface area contributed by atoms with Crippen molar-refractivity contribution < 1.29 is 35.5 Å². The average molecular weight is 313 g/mol. The predicted molar refractivity (Wildman–Crippen MR) is 56.7 cm³/mol. The predicted octanol–water partition coefficient (Wildman–Crippen LogP) is 3.50. The molecule has 0 saturated heterocycles. The summed E-state index contributed by atoms with van der Waals surface area (Å²) in [5, 5.41) is 0. The summed E-state index contributed by atoms with van der Waals surface area (Å²) >= 11 is 0. The largest absolute Gasteiger partial charge is 0.460 e. The molecule has 0 saturated carbocycles. The first-order valence-corrected chi connectivity index (χ1v) is 8.69. The molecular formula is C9H14F7NOSi. The van der Waals surface area contributed by atoms with E-state index in [1.54, 1.807) is 0 Å². The number of hydrogen-bond donors (Lipinski definition) is 0. The zero-order valence-corrected chi connectivity index (χ0v) is 11.7. The summed E-state index contributed by atoms with van der Waals surface area (Å²) in [6.07, 6.45) is -6.50. The number of carbonyl (C=O) groups excluding carboxylic acids is 1. The van der Waals surface area contributed by atoms with Gasteiger partial charge in [-0.05, 0) is 6.92 Å². The van der Waals surface area contributed by atoms with Crippen molar-refractivity contribution in [3.05, 3.63) is 0 Å². The van der Waals surface area contributed by atoms with E-state index in [2.05, 4.69) is 0 Å². The van der Waals surface area contributed by atoms with Crippen LogP contribution in [0.5, 0.6) is 0 Å². The van der Waals surface area contributed by atoms with Crippen LogP contribution in [0.1, 0.15) is 6.92 Å². The Morgan fingerprint density at radius 1 is 1.00 bits per heavy atom. The van der Waals surface area contributed by atoms with E-state index in [1.165, 1.54) is 26.6 Å². The molecule has 0 aliphatic heterocycles. The van der Waals surface area contributed by atoms with Gasteiger partial charge in [0.25, 0.3) is 5.91 Å². The first-order chi connectivity index (χ1) is 8.10. The monoisotopic (exact) mass is 313 g/mol. The Bertz CT molecular complexity index is 347. The van der Waals surface area contributed by atoms with Crippen molar-refractivity contribution in [3.8, 4) is 0 Å². The van der Waals surface area contributed by atoms with E-state index < -0.39 is 32.2 Å². The highest BCUT2D eigenvalue weighted by atomic mass is 28.3. The molecule has 10 heteroatoms. The molecule has 0 heterocycles. The van der Waals surface area contributed by atoms with Crippen molar-refractivity contribution in [3.63, 3.8) is 0 Å². The Labute approximate surface area is 106 Å². The standard InChI is InChI=1S/C9H14F7NOSi/c1-5-17(19(2,3)4)6(18)7(10,11)8(12,13)9(14,15)16/h5H2,1-4H3.